The van der Waals surface area contributed by atoms with E-state index in [9.17, 15) is 0 Å². The van der Waals surface area contributed by atoms with Gasteiger partial charge in [0.1, 0.15) is 5.75 Å². The van der Waals surface area contributed by atoms with Crippen molar-refractivity contribution in [3.63, 3.8) is 0 Å². The van der Waals surface area contributed by atoms with Gasteiger partial charge in [-0.05, 0) is 64.0 Å². The van der Waals surface area contributed by atoms with Crippen molar-refractivity contribution >= 4 is 11.6 Å². The van der Waals surface area contributed by atoms with Crippen molar-refractivity contribution in [2.45, 2.75) is 32.2 Å². The van der Waals surface area contributed by atoms with Gasteiger partial charge in [-0.1, -0.05) is 24.6 Å². The van der Waals surface area contributed by atoms with E-state index in [2.05, 4.69) is 24.2 Å². The summed E-state index contributed by atoms with van der Waals surface area (Å²) in [4.78, 5) is 2.42. The van der Waals surface area contributed by atoms with E-state index in [0.29, 0.717) is 12.0 Å². The summed E-state index contributed by atoms with van der Waals surface area (Å²) in [5, 5.41) is 4.38. The summed E-state index contributed by atoms with van der Waals surface area (Å²) in [7, 11) is 3.92. The molecule has 0 aliphatic carbocycles. The van der Waals surface area contributed by atoms with Gasteiger partial charge in [0.05, 0.1) is 7.11 Å². The molecule has 1 fully saturated rings. The average Bonchev–Trinajstić information content (AvgIpc) is 2.48. The Kier molecular flexibility index (Phi) is 6.34. The van der Waals surface area contributed by atoms with Crippen molar-refractivity contribution < 1.29 is 4.74 Å². The molecule has 2 atom stereocenters. The zero-order chi connectivity index (χ0) is 15.2. The quantitative estimate of drug-likeness (QED) is 0.810. The van der Waals surface area contributed by atoms with Crippen molar-refractivity contribution in [2.24, 2.45) is 5.92 Å². The van der Waals surface area contributed by atoms with E-state index in [1.807, 2.05) is 18.2 Å². The van der Waals surface area contributed by atoms with Gasteiger partial charge in [-0.25, -0.2) is 0 Å². The number of methoxy groups -OCH3 is 1. The third kappa shape index (κ3) is 3.91. The fourth-order valence-electron chi connectivity index (χ4n) is 3.38. The maximum Gasteiger partial charge on any atom is 0.125 e. The van der Waals surface area contributed by atoms with Crippen LogP contribution in [0.4, 0.5) is 0 Å². The monoisotopic (exact) mass is 310 g/mol. The summed E-state index contributed by atoms with van der Waals surface area (Å²) < 4.78 is 5.57. The Morgan fingerprint density at radius 2 is 2.24 bits per heavy atom. The summed E-state index contributed by atoms with van der Waals surface area (Å²) in [5.41, 5.74) is 1.15. The van der Waals surface area contributed by atoms with Crippen LogP contribution in [0.15, 0.2) is 18.2 Å². The van der Waals surface area contributed by atoms with Crippen LogP contribution >= 0.6 is 11.6 Å². The lowest BCUT2D eigenvalue weighted by Crippen LogP contribution is -2.41. The van der Waals surface area contributed by atoms with Gasteiger partial charge in [-0.3, -0.25) is 4.90 Å². The van der Waals surface area contributed by atoms with Crippen LogP contribution in [0.3, 0.4) is 0 Å². The second-order valence-corrected chi connectivity index (χ2v) is 6.29. The van der Waals surface area contributed by atoms with Gasteiger partial charge in [-0.15, -0.1) is 0 Å². The number of piperidine rings is 1. The Balaban J connectivity index is 2.27. The number of hydrogen-bond donors (Lipinski definition) is 1. The minimum absolute atomic E-state index is 0.326. The molecule has 4 heteroatoms. The van der Waals surface area contributed by atoms with Crippen LogP contribution < -0.4 is 10.1 Å². The van der Waals surface area contributed by atoms with E-state index >= 15 is 0 Å². The predicted molar refractivity (Wildman–Crippen MR) is 89.3 cm³/mol. The van der Waals surface area contributed by atoms with Gasteiger partial charge in [0.15, 0.2) is 0 Å². The fourth-order valence-corrected chi connectivity index (χ4v) is 3.65. The minimum atomic E-state index is 0.326. The lowest BCUT2D eigenvalue weighted by molar-refractivity contribution is 0.117. The summed E-state index contributed by atoms with van der Waals surface area (Å²) in [6, 6.07) is 6.27. The molecule has 1 N–H and O–H groups in total. The summed E-state index contributed by atoms with van der Waals surface area (Å²) in [6.45, 7) is 5.43. The van der Waals surface area contributed by atoms with E-state index < -0.39 is 0 Å². The second-order valence-electron chi connectivity index (χ2n) is 5.89. The molecule has 1 aromatic carbocycles. The van der Waals surface area contributed by atoms with Crippen molar-refractivity contribution in [2.75, 3.05) is 33.8 Å². The van der Waals surface area contributed by atoms with E-state index in [4.69, 9.17) is 16.3 Å². The third-order valence-electron chi connectivity index (χ3n) is 4.37. The molecule has 1 aliphatic heterocycles. The van der Waals surface area contributed by atoms with E-state index in [-0.39, 0.29) is 0 Å². The van der Waals surface area contributed by atoms with Crippen molar-refractivity contribution in [1.82, 2.24) is 10.2 Å². The SMILES string of the molecule is CCCNCC1CCCN(C)C1c1c(Cl)cccc1OC. The molecule has 0 radical (unpaired) electrons. The maximum absolute atomic E-state index is 6.51. The lowest BCUT2D eigenvalue weighted by Gasteiger charge is -2.40. The van der Waals surface area contributed by atoms with Crippen LogP contribution in [0.1, 0.15) is 37.8 Å². The molecule has 0 amide bonds. The number of hydrogen-bond acceptors (Lipinski definition) is 3. The van der Waals surface area contributed by atoms with Crippen molar-refractivity contribution in [3.8, 4) is 5.75 Å². The average molecular weight is 311 g/mol. The van der Waals surface area contributed by atoms with Gasteiger partial charge >= 0.3 is 0 Å². The highest BCUT2D eigenvalue weighted by atomic mass is 35.5. The van der Waals surface area contributed by atoms with E-state index in [1.54, 1.807) is 7.11 Å². The number of nitrogens with one attached hydrogen (secondary N) is 1. The lowest BCUT2D eigenvalue weighted by atomic mass is 9.84. The zero-order valence-electron chi connectivity index (χ0n) is 13.4. The van der Waals surface area contributed by atoms with Gasteiger partial charge in [0.25, 0.3) is 0 Å². The molecular formula is C17H27ClN2O. The molecule has 1 saturated heterocycles. The van der Waals surface area contributed by atoms with E-state index in [1.165, 1.54) is 19.3 Å². The number of benzene rings is 1. The zero-order valence-corrected chi connectivity index (χ0v) is 14.1. The Labute approximate surface area is 133 Å². The Hall–Kier alpha value is -0.770. The first kappa shape index (κ1) is 16.6. The molecule has 3 nitrogen and oxygen atoms in total. The van der Waals surface area contributed by atoms with Crippen LogP contribution in [-0.2, 0) is 0 Å². The van der Waals surface area contributed by atoms with Crippen LogP contribution in [-0.4, -0.2) is 38.7 Å². The molecule has 0 bridgehead atoms. The third-order valence-corrected chi connectivity index (χ3v) is 4.70. The molecular weight excluding hydrogens is 284 g/mol. The predicted octanol–water partition coefficient (Wildman–Crippen LogP) is 3.73. The molecule has 0 saturated carbocycles. The maximum atomic E-state index is 6.51. The van der Waals surface area contributed by atoms with Gasteiger partial charge in [0, 0.05) is 16.6 Å². The van der Waals surface area contributed by atoms with E-state index in [0.717, 1.165) is 36.0 Å². The van der Waals surface area contributed by atoms with Crippen LogP contribution in [0.2, 0.25) is 5.02 Å². The molecule has 0 spiro atoms. The Morgan fingerprint density at radius 3 is 2.95 bits per heavy atom. The highest BCUT2D eigenvalue weighted by Gasteiger charge is 2.33. The first-order valence-electron chi connectivity index (χ1n) is 7.92. The fraction of sp³-hybridized carbons (Fsp3) is 0.647. The standard InChI is InChI=1S/C17H27ClN2O/c1-4-10-19-12-13-7-6-11-20(2)17(13)16-14(18)8-5-9-15(16)21-3/h5,8-9,13,17,19H,4,6-7,10-12H2,1-3H3. The number of rotatable bonds is 6. The Bertz CT molecular complexity index is 452. The summed E-state index contributed by atoms with van der Waals surface area (Å²) in [6.07, 6.45) is 3.65. The van der Waals surface area contributed by atoms with Crippen LogP contribution in [0.25, 0.3) is 0 Å². The smallest absolute Gasteiger partial charge is 0.125 e. The molecule has 1 heterocycles. The van der Waals surface area contributed by atoms with Gasteiger partial charge in [-0.2, -0.15) is 0 Å². The Morgan fingerprint density at radius 1 is 1.43 bits per heavy atom. The molecule has 1 aromatic rings. The number of nitrogens with zero attached hydrogens (tertiary/aromatic N) is 1. The highest BCUT2D eigenvalue weighted by Crippen LogP contribution is 2.42. The molecule has 21 heavy (non-hydrogen) atoms. The summed E-state index contributed by atoms with van der Waals surface area (Å²) >= 11 is 6.51. The summed E-state index contributed by atoms with van der Waals surface area (Å²) in [5.74, 6) is 1.48. The molecule has 1 aliphatic rings. The van der Waals surface area contributed by atoms with Crippen LogP contribution in [0.5, 0.6) is 5.75 Å². The van der Waals surface area contributed by atoms with Gasteiger partial charge < -0.3 is 10.1 Å². The molecule has 2 rings (SSSR count). The first-order chi connectivity index (χ1) is 10.2. The molecule has 118 valence electrons. The number of ether oxygens (including phenoxy) is 1. The second kappa shape index (κ2) is 8.02. The molecule has 2 unspecified atom stereocenters. The number of likely N-dealkylation sites (tertiary alicyclic amines) is 1. The topological polar surface area (TPSA) is 24.5 Å². The van der Waals surface area contributed by atoms with Crippen LogP contribution in [0, 0.1) is 5.92 Å². The van der Waals surface area contributed by atoms with Gasteiger partial charge in [0.2, 0.25) is 0 Å². The largest absolute Gasteiger partial charge is 0.496 e. The number of halogens is 1. The molecule has 0 aromatic heterocycles. The highest BCUT2D eigenvalue weighted by molar-refractivity contribution is 6.31. The van der Waals surface area contributed by atoms with Crippen molar-refractivity contribution in [3.05, 3.63) is 28.8 Å². The van der Waals surface area contributed by atoms with Crippen molar-refractivity contribution in [1.29, 1.82) is 0 Å². The normalized spacial score (nSPS) is 23.2. The first-order valence-corrected chi connectivity index (χ1v) is 8.30. The minimum Gasteiger partial charge on any atom is -0.496 e.